The van der Waals surface area contributed by atoms with Crippen LogP contribution in [0.2, 0.25) is 5.02 Å². The minimum absolute atomic E-state index is 0.0109. The number of benzene rings is 1. The summed E-state index contributed by atoms with van der Waals surface area (Å²) in [5.74, 6) is 0.418. The molecule has 0 saturated carbocycles. The fourth-order valence-electron chi connectivity index (χ4n) is 2.33. The van der Waals surface area contributed by atoms with E-state index in [1.165, 1.54) is 6.07 Å². The molecule has 0 saturated heterocycles. The number of hydrogen-bond donors (Lipinski definition) is 4. The van der Waals surface area contributed by atoms with Crippen molar-refractivity contribution in [3.63, 3.8) is 0 Å². The molecule has 2 aromatic rings. The summed E-state index contributed by atoms with van der Waals surface area (Å²) in [4.78, 5) is 27.7. The Kier molecular flexibility index (Phi) is 7.36. The average molecular weight is 382 g/mol. The smallest absolute Gasteiger partial charge is 0.319 e. The molecule has 0 bridgehead atoms. The van der Waals surface area contributed by atoms with Crippen molar-refractivity contribution >= 4 is 40.9 Å². The molecule has 0 aliphatic heterocycles. The molecular weight excluding hydrogens is 362 g/mol. The van der Waals surface area contributed by atoms with E-state index in [1.54, 1.807) is 42.2 Å². The van der Waals surface area contributed by atoms with Gasteiger partial charge in [0.1, 0.15) is 0 Å². The van der Waals surface area contributed by atoms with Crippen LogP contribution in [0.3, 0.4) is 0 Å². The summed E-state index contributed by atoms with van der Waals surface area (Å²) in [5.41, 5.74) is 1.08. The lowest BCUT2D eigenvalue weighted by Crippen LogP contribution is -2.40. The highest BCUT2D eigenvalue weighted by Crippen LogP contribution is 2.23. The molecule has 0 aliphatic rings. The number of carbonyl (C=O) groups excluding carboxylic acids is 2. The van der Waals surface area contributed by atoms with Crippen molar-refractivity contribution in [1.82, 2.24) is 10.3 Å². The fourth-order valence-corrected chi connectivity index (χ4v) is 3.15. The number of carbonyl (C=O) groups is 2. The van der Waals surface area contributed by atoms with Gasteiger partial charge in [-0.15, -0.1) is 0 Å². The minimum atomic E-state index is -0.435. The van der Waals surface area contributed by atoms with E-state index in [9.17, 15) is 9.59 Å². The van der Waals surface area contributed by atoms with E-state index in [4.69, 9.17) is 16.7 Å². The van der Waals surface area contributed by atoms with Gasteiger partial charge in [-0.3, -0.25) is 4.79 Å². The third-order valence-corrected chi connectivity index (χ3v) is 4.47. The van der Waals surface area contributed by atoms with Crippen LogP contribution in [-0.2, 0) is 0 Å². The van der Waals surface area contributed by atoms with E-state index in [1.807, 2.05) is 6.26 Å². The van der Waals surface area contributed by atoms with Crippen molar-refractivity contribution in [3.05, 3.63) is 52.8 Å². The number of thioether (sulfide) groups is 1. The number of nitrogens with one attached hydrogen (secondary N) is 3. The van der Waals surface area contributed by atoms with Crippen LogP contribution in [0.25, 0.3) is 0 Å². The molecule has 0 spiro atoms. The molecule has 25 heavy (non-hydrogen) atoms. The largest absolute Gasteiger partial charge is 0.396 e. The summed E-state index contributed by atoms with van der Waals surface area (Å²) in [7, 11) is 0. The number of urea groups is 1. The number of anilines is 1. The maximum Gasteiger partial charge on any atom is 0.319 e. The Labute approximate surface area is 155 Å². The van der Waals surface area contributed by atoms with Crippen LogP contribution in [0.5, 0.6) is 0 Å². The Morgan fingerprint density at radius 3 is 2.80 bits per heavy atom. The highest BCUT2D eigenvalue weighted by atomic mass is 35.5. The fraction of sp³-hybridized carbons (Fsp3) is 0.294. The Morgan fingerprint density at radius 2 is 2.16 bits per heavy atom. The van der Waals surface area contributed by atoms with Gasteiger partial charge in [-0.25, -0.2) is 4.79 Å². The lowest BCUT2D eigenvalue weighted by molar-refractivity contribution is 0.103. The second kappa shape index (κ2) is 9.50. The van der Waals surface area contributed by atoms with Crippen molar-refractivity contribution in [2.45, 2.75) is 12.5 Å². The topological polar surface area (TPSA) is 94.2 Å². The summed E-state index contributed by atoms with van der Waals surface area (Å²) >= 11 is 7.58. The lowest BCUT2D eigenvalue weighted by Gasteiger charge is -2.18. The molecule has 1 heterocycles. The van der Waals surface area contributed by atoms with E-state index in [0.717, 1.165) is 0 Å². The molecule has 4 N–H and O–H groups in total. The van der Waals surface area contributed by atoms with Crippen molar-refractivity contribution in [3.8, 4) is 0 Å². The number of H-pyrrole nitrogens is 1. The summed E-state index contributed by atoms with van der Waals surface area (Å²) < 4.78 is 0. The predicted octanol–water partition coefficient (Wildman–Crippen LogP) is 3.13. The lowest BCUT2D eigenvalue weighted by atomic mass is 10.1. The van der Waals surface area contributed by atoms with Gasteiger partial charge < -0.3 is 20.7 Å². The second-order valence-electron chi connectivity index (χ2n) is 5.37. The molecule has 1 atom stereocenters. The van der Waals surface area contributed by atoms with Crippen LogP contribution < -0.4 is 10.6 Å². The molecule has 8 heteroatoms. The average Bonchev–Trinajstić information content (AvgIpc) is 3.11. The molecular formula is C17H20ClN3O3S. The normalized spacial score (nSPS) is 11.8. The first-order valence-corrected chi connectivity index (χ1v) is 9.47. The first-order chi connectivity index (χ1) is 12.0. The van der Waals surface area contributed by atoms with Gasteiger partial charge in [0, 0.05) is 35.2 Å². The number of ketones is 1. The molecule has 0 aliphatic carbocycles. The van der Waals surface area contributed by atoms with Gasteiger partial charge in [0.05, 0.1) is 11.4 Å². The highest BCUT2D eigenvalue weighted by molar-refractivity contribution is 7.98. The molecule has 0 unspecified atom stereocenters. The van der Waals surface area contributed by atoms with Gasteiger partial charge in [-0.05, 0) is 43.0 Å². The first-order valence-electron chi connectivity index (χ1n) is 7.70. The van der Waals surface area contributed by atoms with E-state index in [0.29, 0.717) is 34.1 Å². The zero-order valence-electron chi connectivity index (χ0n) is 13.7. The van der Waals surface area contributed by atoms with Gasteiger partial charge in [-0.1, -0.05) is 11.6 Å². The van der Waals surface area contributed by atoms with Crippen molar-refractivity contribution in [2.75, 3.05) is 23.9 Å². The van der Waals surface area contributed by atoms with E-state index >= 15 is 0 Å². The van der Waals surface area contributed by atoms with Gasteiger partial charge >= 0.3 is 6.03 Å². The molecule has 2 rings (SSSR count). The molecule has 2 amide bonds. The van der Waals surface area contributed by atoms with Crippen LogP contribution >= 0.6 is 23.4 Å². The highest BCUT2D eigenvalue weighted by Gasteiger charge is 2.18. The predicted molar refractivity (Wildman–Crippen MR) is 102 cm³/mol. The number of hydrogen-bond acceptors (Lipinski definition) is 4. The van der Waals surface area contributed by atoms with Gasteiger partial charge in [-0.2, -0.15) is 11.8 Å². The molecule has 6 nitrogen and oxygen atoms in total. The molecule has 0 radical (unpaired) electrons. The minimum Gasteiger partial charge on any atom is -0.396 e. The van der Waals surface area contributed by atoms with Crippen LogP contribution in [0.1, 0.15) is 22.5 Å². The van der Waals surface area contributed by atoms with E-state index in [-0.39, 0.29) is 18.4 Å². The van der Waals surface area contributed by atoms with Crippen LogP contribution in [-0.4, -0.2) is 46.6 Å². The zero-order valence-corrected chi connectivity index (χ0v) is 15.3. The first kappa shape index (κ1) is 19.4. The van der Waals surface area contributed by atoms with Gasteiger partial charge in [0.15, 0.2) is 0 Å². The third kappa shape index (κ3) is 5.52. The quantitative estimate of drug-likeness (QED) is 0.528. The maximum absolute atomic E-state index is 12.6. The molecule has 134 valence electrons. The Balaban J connectivity index is 2.16. The van der Waals surface area contributed by atoms with Gasteiger partial charge in [0.2, 0.25) is 5.78 Å². The third-order valence-electron chi connectivity index (χ3n) is 3.50. The van der Waals surface area contributed by atoms with Crippen LogP contribution in [0, 0.1) is 0 Å². The number of aliphatic hydroxyl groups is 1. The number of halogens is 1. The Bertz CT molecular complexity index is 716. The molecule has 1 aromatic carbocycles. The number of aromatic nitrogens is 1. The van der Waals surface area contributed by atoms with Crippen molar-refractivity contribution < 1.29 is 14.7 Å². The SMILES string of the molecule is CSC[C@H](CCO)NC(=O)Nc1ccc(Cl)cc1C(=O)c1ccc[nH]1. The Morgan fingerprint density at radius 1 is 1.36 bits per heavy atom. The van der Waals surface area contributed by atoms with Crippen LogP contribution in [0.15, 0.2) is 36.5 Å². The summed E-state index contributed by atoms with van der Waals surface area (Å²) in [6.07, 6.45) is 4.04. The molecule has 0 fully saturated rings. The standard InChI is InChI=1S/C17H20ClN3O3S/c1-25-10-12(6-8-22)20-17(24)21-14-5-4-11(18)9-13(14)16(23)15-3-2-7-19-15/h2-5,7,9,12,19,22H,6,8,10H2,1H3,(H2,20,21,24)/t12-/m0/s1. The second-order valence-corrected chi connectivity index (χ2v) is 6.71. The monoisotopic (exact) mass is 381 g/mol. The number of rotatable bonds is 8. The van der Waals surface area contributed by atoms with E-state index in [2.05, 4.69) is 15.6 Å². The number of aliphatic hydroxyl groups excluding tert-OH is 1. The maximum atomic E-state index is 12.6. The summed E-state index contributed by atoms with van der Waals surface area (Å²) in [6.45, 7) is -0.0109. The summed E-state index contributed by atoms with van der Waals surface area (Å²) in [5, 5.41) is 15.0. The number of amides is 2. The zero-order chi connectivity index (χ0) is 18.2. The van der Waals surface area contributed by atoms with Crippen LogP contribution in [0.4, 0.5) is 10.5 Å². The van der Waals surface area contributed by atoms with Gasteiger partial charge in [0.25, 0.3) is 0 Å². The number of aromatic amines is 1. The van der Waals surface area contributed by atoms with E-state index < -0.39 is 6.03 Å². The molecule has 1 aromatic heterocycles. The van der Waals surface area contributed by atoms with Crippen molar-refractivity contribution in [1.29, 1.82) is 0 Å². The Hall–Kier alpha value is -1.96. The summed E-state index contributed by atoms with van der Waals surface area (Å²) in [6, 6.07) is 7.50. The van der Waals surface area contributed by atoms with Crippen molar-refractivity contribution in [2.24, 2.45) is 0 Å².